The number of benzene rings is 2. The van der Waals surface area contributed by atoms with E-state index in [1.54, 1.807) is 14.2 Å². The lowest BCUT2D eigenvalue weighted by Crippen LogP contribution is -2.26. The monoisotopic (exact) mass is 345 g/mol. The first-order valence-electron chi connectivity index (χ1n) is 7.88. The van der Waals surface area contributed by atoms with Crippen molar-refractivity contribution in [1.29, 1.82) is 0 Å². The zero-order chi connectivity index (χ0) is 17.2. The Morgan fingerprint density at radius 2 is 1.79 bits per heavy atom. The lowest BCUT2D eigenvalue weighted by Gasteiger charge is -2.09. The van der Waals surface area contributed by atoms with Crippen molar-refractivity contribution in [1.82, 2.24) is 5.32 Å². The van der Waals surface area contributed by atoms with Crippen LogP contribution in [0.5, 0.6) is 11.5 Å². The molecule has 0 atom stereocenters. The molecule has 0 heterocycles. The van der Waals surface area contributed by atoms with Crippen molar-refractivity contribution < 1.29 is 14.3 Å². The number of carbonyl (C=O) groups excluding carboxylic acids is 1. The van der Waals surface area contributed by atoms with Crippen LogP contribution in [0.15, 0.2) is 53.4 Å². The molecule has 1 N–H and O–H groups in total. The van der Waals surface area contributed by atoms with Crippen LogP contribution in [0, 0.1) is 0 Å². The van der Waals surface area contributed by atoms with Crippen molar-refractivity contribution >= 4 is 17.7 Å². The summed E-state index contributed by atoms with van der Waals surface area (Å²) in [5, 5.41) is 2.96. The zero-order valence-electron chi connectivity index (χ0n) is 14.1. The highest BCUT2D eigenvalue weighted by atomic mass is 32.2. The molecule has 4 nitrogen and oxygen atoms in total. The van der Waals surface area contributed by atoms with Crippen molar-refractivity contribution in [3.63, 3.8) is 0 Å². The number of para-hydroxylation sites is 1. The van der Waals surface area contributed by atoms with E-state index in [0.29, 0.717) is 12.3 Å². The molecule has 0 aliphatic carbocycles. The van der Waals surface area contributed by atoms with Gasteiger partial charge in [0.2, 0.25) is 5.91 Å². The van der Waals surface area contributed by atoms with E-state index in [4.69, 9.17) is 9.47 Å². The molecule has 0 aliphatic heterocycles. The van der Waals surface area contributed by atoms with E-state index >= 15 is 0 Å². The second kappa shape index (κ2) is 9.88. The smallest absolute Gasteiger partial charge is 0.230 e. The normalized spacial score (nSPS) is 10.2. The van der Waals surface area contributed by atoms with Gasteiger partial charge in [0.15, 0.2) is 0 Å². The summed E-state index contributed by atoms with van der Waals surface area (Å²) >= 11 is 1.52. The summed E-state index contributed by atoms with van der Waals surface area (Å²) in [6, 6.07) is 15.7. The highest BCUT2D eigenvalue weighted by molar-refractivity contribution is 8.00. The minimum absolute atomic E-state index is 0.0517. The number of thioether (sulfide) groups is 1. The van der Waals surface area contributed by atoms with Crippen molar-refractivity contribution in [2.45, 2.75) is 17.7 Å². The third-order valence-corrected chi connectivity index (χ3v) is 4.58. The quantitative estimate of drug-likeness (QED) is 0.558. The Kier molecular flexibility index (Phi) is 7.49. The number of ether oxygens (including phenoxy) is 2. The molecule has 0 fully saturated rings. The zero-order valence-corrected chi connectivity index (χ0v) is 14.9. The van der Waals surface area contributed by atoms with Crippen LogP contribution < -0.4 is 14.8 Å². The van der Waals surface area contributed by atoms with Gasteiger partial charge in [-0.15, -0.1) is 11.8 Å². The Hall–Kier alpha value is -2.14. The molecule has 0 unspecified atom stereocenters. The first kappa shape index (κ1) is 18.2. The van der Waals surface area contributed by atoms with Crippen molar-refractivity contribution in [2.24, 2.45) is 0 Å². The largest absolute Gasteiger partial charge is 0.497 e. The Bertz CT molecular complexity index is 643. The Morgan fingerprint density at radius 3 is 2.50 bits per heavy atom. The van der Waals surface area contributed by atoms with E-state index in [2.05, 4.69) is 11.4 Å². The maximum absolute atomic E-state index is 11.9. The van der Waals surface area contributed by atoms with Gasteiger partial charge in [0, 0.05) is 11.4 Å². The fourth-order valence-electron chi connectivity index (χ4n) is 2.29. The summed E-state index contributed by atoms with van der Waals surface area (Å²) in [6.07, 6.45) is 1.77. The Labute approximate surface area is 147 Å². The van der Waals surface area contributed by atoms with E-state index in [0.717, 1.165) is 29.2 Å². The molecular weight excluding hydrogens is 322 g/mol. The van der Waals surface area contributed by atoms with Gasteiger partial charge in [-0.05, 0) is 48.7 Å². The van der Waals surface area contributed by atoms with Gasteiger partial charge >= 0.3 is 0 Å². The Morgan fingerprint density at radius 1 is 1.04 bits per heavy atom. The highest BCUT2D eigenvalue weighted by Crippen LogP contribution is 2.21. The van der Waals surface area contributed by atoms with Crippen LogP contribution in [-0.4, -0.2) is 32.4 Å². The summed E-state index contributed by atoms with van der Waals surface area (Å²) in [6.45, 7) is 0.667. The van der Waals surface area contributed by atoms with Crippen LogP contribution in [0.4, 0.5) is 0 Å². The maximum atomic E-state index is 11.9. The van der Waals surface area contributed by atoms with Gasteiger partial charge in [0.05, 0.1) is 20.0 Å². The Balaban J connectivity index is 1.66. The molecule has 0 spiro atoms. The maximum Gasteiger partial charge on any atom is 0.230 e. The topological polar surface area (TPSA) is 47.6 Å². The van der Waals surface area contributed by atoms with Gasteiger partial charge in [-0.3, -0.25) is 4.79 Å². The molecule has 0 bridgehead atoms. The standard InChI is InChI=1S/C19H23NO3S/c1-22-16-9-11-17(12-10-16)24-14-19(21)20-13-5-7-15-6-3-4-8-18(15)23-2/h3-4,6,8-12H,5,7,13-14H2,1-2H3,(H,20,21). The number of rotatable bonds is 9. The number of hydrogen-bond acceptors (Lipinski definition) is 4. The van der Waals surface area contributed by atoms with Crippen LogP contribution in [0.3, 0.4) is 0 Å². The molecule has 128 valence electrons. The fraction of sp³-hybridized carbons (Fsp3) is 0.316. The molecule has 1 amide bonds. The molecule has 0 aliphatic rings. The van der Waals surface area contributed by atoms with Gasteiger partial charge in [-0.25, -0.2) is 0 Å². The van der Waals surface area contributed by atoms with Gasteiger partial charge in [0.25, 0.3) is 0 Å². The lowest BCUT2D eigenvalue weighted by molar-refractivity contribution is -0.118. The van der Waals surface area contributed by atoms with Crippen molar-refractivity contribution in [2.75, 3.05) is 26.5 Å². The second-order valence-corrected chi connectivity index (χ2v) is 6.28. The minimum atomic E-state index is 0.0517. The molecule has 0 saturated carbocycles. The average Bonchev–Trinajstić information content (AvgIpc) is 2.64. The first-order valence-corrected chi connectivity index (χ1v) is 8.87. The summed E-state index contributed by atoms with van der Waals surface area (Å²) in [5.74, 6) is 2.19. The molecule has 24 heavy (non-hydrogen) atoms. The number of aryl methyl sites for hydroxylation is 1. The number of nitrogens with one attached hydrogen (secondary N) is 1. The van der Waals surface area contributed by atoms with Crippen LogP contribution in [0.1, 0.15) is 12.0 Å². The van der Waals surface area contributed by atoms with E-state index in [1.165, 1.54) is 17.3 Å². The third-order valence-electron chi connectivity index (χ3n) is 3.57. The third kappa shape index (κ3) is 5.81. The minimum Gasteiger partial charge on any atom is -0.497 e. The molecular formula is C19H23NO3S. The summed E-state index contributed by atoms with van der Waals surface area (Å²) in [5.41, 5.74) is 1.17. The van der Waals surface area contributed by atoms with Crippen molar-refractivity contribution in [3.8, 4) is 11.5 Å². The molecule has 0 saturated heterocycles. The first-order chi connectivity index (χ1) is 11.7. The molecule has 2 aromatic rings. The second-order valence-electron chi connectivity index (χ2n) is 5.23. The highest BCUT2D eigenvalue weighted by Gasteiger charge is 2.04. The molecule has 5 heteroatoms. The van der Waals surface area contributed by atoms with Gasteiger partial charge in [0.1, 0.15) is 11.5 Å². The molecule has 0 aromatic heterocycles. The predicted octanol–water partition coefficient (Wildman–Crippen LogP) is 3.54. The van der Waals surface area contributed by atoms with Crippen LogP contribution in [0.2, 0.25) is 0 Å². The number of methoxy groups -OCH3 is 2. The lowest BCUT2D eigenvalue weighted by atomic mass is 10.1. The average molecular weight is 345 g/mol. The number of carbonyl (C=O) groups is 1. The van der Waals surface area contributed by atoms with Gasteiger partial charge in [-0.1, -0.05) is 18.2 Å². The van der Waals surface area contributed by atoms with Gasteiger partial charge in [-0.2, -0.15) is 0 Å². The molecule has 2 aromatic carbocycles. The van der Waals surface area contributed by atoms with Crippen molar-refractivity contribution in [3.05, 3.63) is 54.1 Å². The predicted molar refractivity (Wildman–Crippen MR) is 98.0 cm³/mol. The molecule has 2 rings (SSSR count). The summed E-state index contributed by atoms with van der Waals surface area (Å²) in [4.78, 5) is 12.9. The number of hydrogen-bond donors (Lipinski definition) is 1. The summed E-state index contributed by atoms with van der Waals surface area (Å²) in [7, 11) is 3.32. The fourth-order valence-corrected chi connectivity index (χ4v) is 3.02. The van der Waals surface area contributed by atoms with E-state index in [9.17, 15) is 4.79 Å². The number of amides is 1. The molecule has 0 radical (unpaired) electrons. The van der Waals surface area contributed by atoms with Crippen LogP contribution in [-0.2, 0) is 11.2 Å². The SMILES string of the molecule is COc1ccc(SCC(=O)NCCCc2ccccc2OC)cc1. The van der Waals surface area contributed by atoms with Crippen LogP contribution >= 0.6 is 11.8 Å². The van der Waals surface area contributed by atoms with E-state index < -0.39 is 0 Å². The summed E-state index contributed by atoms with van der Waals surface area (Å²) < 4.78 is 10.4. The van der Waals surface area contributed by atoms with E-state index in [-0.39, 0.29) is 5.91 Å². The van der Waals surface area contributed by atoms with Crippen LogP contribution in [0.25, 0.3) is 0 Å². The van der Waals surface area contributed by atoms with E-state index in [1.807, 2.05) is 42.5 Å². The van der Waals surface area contributed by atoms with Gasteiger partial charge < -0.3 is 14.8 Å².